The number of fused-ring (bicyclic) bond motifs is 2. The van der Waals surface area contributed by atoms with Crippen molar-refractivity contribution < 1.29 is 14.4 Å². The van der Waals surface area contributed by atoms with Crippen LogP contribution in [0.4, 0.5) is 10.5 Å². The summed E-state index contributed by atoms with van der Waals surface area (Å²) in [5.41, 5.74) is 2.97. The van der Waals surface area contributed by atoms with Gasteiger partial charge in [-0.2, -0.15) is 10.3 Å². The van der Waals surface area contributed by atoms with Crippen LogP contribution in [0.2, 0.25) is 0 Å². The van der Waals surface area contributed by atoms with Crippen LogP contribution in [0.1, 0.15) is 11.1 Å². The molecule has 40 heavy (non-hydrogen) atoms. The minimum atomic E-state index is -0.745. The molecule has 2 aliphatic heterocycles. The van der Waals surface area contributed by atoms with Gasteiger partial charge in [0.15, 0.2) is 0 Å². The zero-order valence-corrected chi connectivity index (χ0v) is 22.9. The number of hydrogen-bond acceptors (Lipinski definition) is 6. The van der Waals surface area contributed by atoms with Crippen molar-refractivity contribution in [3.63, 3.8) is 0 Å². The van der Waals surface area contributed by atoms with Crippen LogP contribution in [0.15, 0.2) is 66.7 Å². The van der Waals surface area contributed by atoms with E-state index in [1.807, 2.05) is 91.8 Å². The Bertz CT molecular complexity index is 1460. The van der Waals surface area contributed by atoms with Crippen molar-refractivity contribution in [2.75, 3.05) is 45.7 Å². The summed E-state index contributed by atoms with van der Waals surface area (Å²) in [7, 11) is 5.42. The van der Waals surface area contributed by atoms with Crippen LogP contribution in [0, 0.1) is 11.3 Å². The Kier molecular flexibility index (Phi) is 7.58. The number of carbonyl (C=O) groups is 3. The quantitative estimate of drug-likeness (QED) is 0.463. The van der Waals surface area contributed by atoms with Gasteiger partial charge in [0.25, 0.3) is 0 Å². The summed E-state index contributed by atoms with van der Waals surface area (Å²) in [4.78, 5) is 45.6. The first-order valence-corrected chi connectivity index (χ1v) is 13.3. The highest BCUT2D eigenvalue weighted by molar-refractivity contribution is 5.92. The van der Waals surface area contributed by atoms with Crippen molar-refractivity contribution in [2.45, 2.75) is 25.2 Å². The second kappa shape index (κ2) is 11.2. The smallest absolute Gasteiger partial charge is 0.332 e. The number of anilines is 1. The van der Waals surface area contributed by atoms with Crippen molar-refractivity contribution in [2.24, 2.45) is 0 Å². The number of benzene rings is 3. The Labute approximate surface area is 233 Å². The average molecular weight is 540 g/mol. The van der Waals surface area contributed by atoms with Gasteiger partial charge in [-0.3, -0.25) is 9.59 Å². The molecule has 0 bridgehead atoms. The first-order chi connectivity index (χ1) is 19.3. The third-order valence-corrected chi connectivity index (χ3v) is 7.67. The van der Waals surface area contributed by atoms with E-state index in [-0.39, 0.29) is 31.4 Å². The Balaban J connectivity index is 1.52. The molecular weight excluding hydrogens is 506 g/mol. The molecule has 2 aliphatic rings. The van der Waals surface area contributed by atoms with Gasteiger partial charge in [-0.25, -0.2) is 9.80 Å². The maximum Gasteiger partial charge on any atom is 0.332 e. The standard InChI is InChI=1S/C30H33N7O3/c1-32-30(40)35(16-15-31)36-20-28(38)37-26(17-21-11-13-24(14-12-21)33(2)3)29(39)34(19-27(36)37)18-23-9-6-8-22-7-4-5-10-25(22)23/h4-14,26-27H,16-20H2,1-3H3,(H,32,40)/t26-,27?/m0/s1. The Hall–Kier alpha value is -4.62. The predicted octanol–water partition coefficient (Wildman–Crippen LogP) is 2.41. The zero-order valence-electron chi connectivity index (χ0n) is 22.9. The number of amides is 4. The van der Waals surface area contributed by atoms with Crippen molar-refractivity contribution in [1.82, 2.24) is 25.1 Å². The third-order valence-electron chi connectivity index (χ3n) is 7.67. The number of rotatable bonds is 7. The van der Waals surface area contributed by atoms with E-state index in [0.29, 0.717) is 13.0 Å². The molecule has 0 aromatic heterocycles. The number of piperazine rings is 1. The molecule has 0 spiro atoms. The Morgan fingerprint density at radius 3 is 2.48 bits per heavy atom. The maximum atomic E-state index is 14.1. The van der Waals surface area contributed by atoms with E-state index in [4.69, 9.17) is 0 Å². The highest BCUT2D eigenvalue weighted by Crippen LogP contribution is 2.31. The van der Waals surface area contributed by atoms with Crippen molar-refractivity contribution in [1.29, 1.82) is 5.26 Å². The first kappa shape index (κ1) is 27.0. The van der Waals surface area contributed by atoms with Gasteiger partial charge in [0.05, 0.1) is 19.2 Å². The second-order valence-electron chi connectivity index (χ2n) is 10.3. The van der Waals surface area contributed by atoms with Crippen LogP contribution in [0.3, 0.4) is 0 Å². The molecule has 2 atom stereocenters. The summed E-state index contributed by atoms with van der Waals surface area (Å²) < 4.78 is 0. The first-order valence-electron chi connectivity index (χ1n) is 13.3. The van der Waals surface area contributed by atoms with Crippen LogP contribution in [-0.2, 0) is 22.6 Å². The average Bonchev–Trinajstić information content (AvgIpc) is 3.29. The van der Waals surface area contributed by atoms with Crippen molar-refractivity contribution >= 4 is 34.3 Å². The molecule has 0 saturated carbocycles. The lowest BCUT2D eigenvalue weighted by atomic mass is 9.98. The van der Waals surface area contributed by atoms with E-state index in [2.05, 4.69) is 5.32 Å². The summed E-state index contributed by atoms with van der Waals surface area (Å²) in [6, 6.07) is 22.8. The van der Waals surface area contributed by atoms with Gasteiger partial charge in [0.2, 0.25) is 11.8 Å². The number of nitrogens with zero attached hydrogens (tertiary/aromatic N) is 6. The molecule has 1 unspecified atom stereocenters. The van der Waals surface area contributed by atoms with E-state index in [1.54, 1.807) is 14.8 Å². The van der Waals surface area contributed by atoms with Gasteiger partial charge < -0.3 is 20.0 Å². The highest BCUT2D eigenvalue weighted by Gasteiger charge is 2.52. The number of nitriles is 1. The van der Waals surface area contributed by atoms with Crippen LogP contribution in [0.25, 0.3) is 10.8 Å². The van der Waals surface area contributed by atoms with E-state index < -0.39 is 18.2 Å². The third kappa shape index (κ3) is 5.03. The van der Waals surface area contributed by atoms with Gasteiger partial charge in [-0.1, -0.05) is 54.6 Å². The van der Waals surface area contributed by atoms with Crippen LogP contribution >= 0.6 is 0 Å². The largest absolute Gasteiger partial charge is 0.378 e. The second-order valence-corrected chi connectivity index (χ2v) is 10.3. The molecular formula is C30H33N7O3. The Morgan fingerprint density at radius 2 is 1.77 bits per heavy atom. The molecule has 1 N–H and O–H groups in total. The molecule has 10 heteroatoms. The lowest BCUT2D eigenvalue weighted by molar-refractivity contribution is -0.157. The van der Waals surface area contributed by atoms with Gasteiger partial charge in [-0.15, -0.1) is 0 Å². The summed E-state index contributed by atoms with van der Waals surface area (Å²) in [6.07, 6.45) is -0.246. The van der Waals surface area contributed by atoms with Gasteiger partial charge >= 0.3 is 6.03 Å². The molecule has 206 valence electrons. The fourth-order valence-electron chi connectivity index (χ4n) is 5.66. The summed E-state index contributed by atoms with van der Waals surface area (Å²) in [6.45, 7) is 0.264. The topological polar surface area (TPSA) is 103 Å². The molecule has 10 nitrogen and oxygen atoms in total. The number of hydrazine groups is 1. The Morgan fingerprint density at radius 1 is 1.05 bits per heavy atom. The van der Waals surface area contributed by atoms with E-state index in [9.17, 15) is 19.6 Å². The normalized spacial score (nSPS) is 18.9. The number of nitrogens with one attached hydrogen (secondary N) is 1. The SMILES string of the molecule is CNC(=O)N(CC#N)N1CC(=O)N2C1CN(Cc1cccc3ccccc13)C(=O)[C@@H]2Cc1ccc(N(C)C)cc1. The molecule has 2 heterocycles. The predicted molar refractivity (Wildman–Crippen MR) is 152 cm³/mol. The molecule has 3 aromatic carbocycles. The highest BCUT2D eigenvalue weighted by atomic mass is 16.2. The monoisotopic (exact) mass is 539 g/mol. The van der Waals surface area contributed by atoms with Crippen molar-refractivity contribution in [3.05, 3.63) is 77.9 Å². The van der Waals surface area contributed by atoms with Crippen LogP contribution in [-0.4, -0.2) is 90.6 Å². The van der Waals surface area contributed by atoms with E-state index >= 15 is 0 Å². The molecule has 0 aliphatic carbocycles. The molecule has 2 saturated heterocycles. The van der Waals surface area contributed by atoms with Gasteiger partial charge in [0.1, 0.15) is 18.8 Å². The van der Waals surface area contributed by atoms with E-state index in [0.717, 1.165) is 27.6 Å². The summed E-state index contributed by atoms with van der Waals surface area (Å²) >= 11 is 0. The lowest BCUT2D eigenvalue weighted by Gasteiger charge is -2.46. The van der Waals surface area contributed by atoms with Crippen LogP contribution < -0.4 is 10.2 Å². The lowest BCUT2D eigenvalue weighted by Crippen LogP contribution is -2.66. The number of urea groups is 1. The minimum absolute atomic E-state index is 0.0920. The molecule has 5 rings (SSSR count). The van der Waals surface area contributed by atoms with Crippen molar-refractivity contribution in [3.8, 4) is 6.07 Å². The zero-order chi connectivity index (χ0) is 28.4. The fourth-order valence-corrected chi connectivity index (χ4v) is 5.66. The number of hydrogen-bond donors (Lipinski definition) is 1. The summed E-state index contributed by atoms with van der Waals surface area (Å²) in [5.74, 6) is -0.382. The van der Waals surface area contributed by atoms with E-state index in [1.165, 1.54) is 12.1 Å². The number of carbonyl (C=O) groups excluding carboxylic acids is 3. The van der Waals surface area contributed by atoms with Crippen LogP contribution in [0.5, 0.6) is 0 Å². The molecule has 3 aromatic rings. The molecule has 4 amide bonds. The molecule has 0 radical (unpaired) electrons. The van der Waals surface area contributed by atoms with Gasteiger partial charge in [0, 0.05) is 39.8 Å². The maximum absolute atomic E-state index is 14.1. The summed E-state index contributed by atoms with van der Waals surface area (Å²) in [5, 5.41) is 17.0. The fraction of sp³-hybridized carbons (Fsp3) is 0.333. The minimum Gasteiger partial charge on any atom is -0.378 e. The molecule has 2 fully saturated rings. The van der Waals surface area contributed by atoms with Gasteiger partial charge in [-0.05, 0) is 34.0 Å².